The van der Waals surface area contributed by atoms with Gasteiger partial charge in [-0.1, -0.05) is 24.3 Å². The van der Waals surface area contributed by atoms with Crippen LogP contribution in [0, 0.1) is 0 Å². The van der Waals surface area contributed by atoms with E-state index in [-0.39, 0.29) is 5.91 Å². The molecule has 0 aliphatic carbocycles. The van der Waals surface area contributed by atoms with E-state index in [4.69, 9.17) is 4.42 Å². The van der Waals surface area contributed by atoms with Gasteiger partial charge in [-0.05, 0) is 24.3 Å². The minimum Gasteiger partial charge on any atom is -0.459 e. The molecule has 1 amide bonds. The maximum absolute atomic E-state index is 12.2. The minimum atomic E-state index is -0.119. The Labute approximate surface area is 116 Å². The summed E-state index contributed by atoms with van der Waals surface area (Å²) in [6.07, 6.45) is 1.61. The largest absolute Gasteiger partial charge is 0.459 e. The first-order valence-electron chi connectivity index (χ1n) is 6.38. The summed E-state index contributed by atoms with van der Waals surface area (Å²) in [5.74, 6) is 0.643. The quantitative estimate of drug-likeness (QED) is 0.731. The molecule has 0 saturated carbocycles. The van der Waals surface area contributed by atoms with Crippen LogP contribution in [-0.4, -0.2) is 22.8 Å². The molecule has 0 spiro atoms. The van der Waals surface area contributed by atoms with E-state index in [0.29, 0.717) is 12.2 Å². The van der Waals surface area contributed by atoms with E-state index >= 15 is 0 Å². The molecule has 4 nitrogen and oxygen atoms in total. The Kier molecular flexibility index (Phi) is 3.21. The molecular formula is C16H14N2O2. The van der Waals surface area contributed by atoms with E-state index in [1.807, 2.05) is 30.3 Å². The van der Waals surface area contributed by atoms with Crippen molar-refractivity contribution in [1.82, 2.24) is 9.88 Å². The maximum Gasteiger partial charge on any atom is 0.272 e. The fourth-order valence-corrected chi connectivity index (χ4v) is 2.11. The average Bonchev–Trinajstić information content (AvgIpc) is 2.89. The molecule has 100 valence electrons. The van der Waals surface area contributed by atoms with Gasteiger partial charge in [-0.25, -0.2) is 0 Å². The Morgan fingerprint density at radius 1 is 1.20 bits per heavy atom. The number of benzene rings is 1. The van der Waals surface area contributed by atoms with Gasteiger partial charge in [-0.15, -0.1) is 0 Å². The highest BCUT2D eigenvalue weighted by molar-refractivity contribution is 5.92. The number of nitrogens with zero attached hydrogens (tertiary/aromatic N) is 2. The summed E-state index contributed by atoms with van der Waals surface area (Å²) in [5.41, 5.74) is 1.27. The first kappa shape index (κ1) is 12.4. The number of carbonyl (C=O) groups excluding carboxylic acids is 1. The second-order valence-corrected chi connectivity index (χ2v) is 4.63. The van der Waals surface area contributed by atoms with Crippen molar-refractivity contribution in [3.8, 4) is 0 Å². The molecule has 0 bridgehead atoms. The van der Waals surface area contributed by atoms with Crippen LogP contribution in [0.25, 0.3) is 11.0 Å². The van der Waals surface area contributed by atoms with Crippen molar-refractivity contribution in [2.24, 2.45) is 0 Å². The first-order valence-corrected chi connectivity index (χ1v) is 6.38. The zero-order valence-corrected chi connectivity index (χ0v) is 11.1. The number of para-hydroxylation sites is 1. The fourth-order valence-electron chi connectivity index (χ4n) is 2.11. The number of carbonyl (C=O) groups is 1. The number of amides is 1. The number of rotatable bonds is 3. The molecule has 0 fully saturated rings. The van der Waals surface area contributed by atoms with Crippen LogP contribution in [0.4, 0.5) is 0 Å². The zero-order valence-electron chi connectivity index (χ0n) is 11.1. The van der Waals surface area contributed by atoms with Gasteiger partial charge in [0.25, 0.3) is 5.91 Å². The van der Waals surface area contributed by atoms with Gasteiger partial charge in [0.2, 0.25) is 0 Å². The van der Waals surface area contributed by atoms with Crippen molar-refractivity contribution >= 4 is 16.9 Å². The van der Waals surface area contributed by atoms with Gasteiger partial charge < -0.3 is 9.32 Å². The molecule has 0 aliphatic rings. The topological polar surface area (TPSA) is 46.3 Å². The number of pyridine rings is 1. The Bertz CT molecular complexity index is 701. The number of fused-ring (bicyclic) bond motifs is 1. The predicted octanol–water partition coefficient (Wildman–Crippen LogP) is 3.10. The summed E-state index contributed by atoms with van der Waals surface area (Å²) >= 11 is 0. The van der Waals surface area contributed by atoms with Crippen LogP contribution in [0.2, 0.25) is 0 Å². The zero-order chi connectivity index (χ0) is 13.9. The molecule has 3 aromatic rings. The smallest absolute Gasteiger partial charge is 0.272 e. The molecule has 0 aliphatic heterocycles. The third kappa shape index (κ3) is 2.40. The summed E-state index contributed by atoms with van der Waals surface area (Å²) in [6.45, 7) is 0.421. The van der Waals surface area contributed by atoms with Crippen molar-refractivity contribution in [2.75, 3.05) is 7.05 Å². The second-order valence-electron chi connectivity index (χ2n) is 4.63. The van der Waals surface area contributed by atoms with Gasteiger partial charge in [0, 0.05) is 18.6 Å². The molecule has 2 aromatic heterocycles. The lowest BCUT2D eigenvalue weighted by molar-refractivity contribution is 0.0770. The monoisotopic (exact) mass is 266 g/mol. The van der Waals surface area contributed by atoms with Gasteiger partial charge in [-0.2, -0.15) is 0 Å². The SMILES string of the molecule is CN(Cc1cc2ccccc2o1)C(=O)c1ccccn1. The van der Waals surface area contributed by atoms with Crippen LogP contribution in [0.15, 0.2) is 59.1 Å². The van der Waals surface area contributed by atoms with Gasteiger partial charge in [0.05, 0.1) is 6.54 Å². The van der Waals surface area contributed by atoms with Crippen LogP contribution < -0.4 is 0 Å². The lowest BCUT2D eigenvalue weighted by Gasteiger charge is -2.14. The molecular weight excluding hydrogens is 252 g/mol. The Morgan fingerprint density at radius 2 is 2.00 bits per heavy atom. The van der Waals surface area contributed by atoms with Gasteiger partial charge in [0.1, 0.15) is 17.0 Å². The Balaban J connectivity index is 1.78. The predicted molar refractivity (Wildman–Crippen MR) is 76.2 cm³/mol. The normalized spacial score (nSPS) is 10.7. The van der Waals surface area contributed by atoms with Crippen LogP contribution in [0.5, 0.6) is 0 Å². The third-order valence-corrected chi connectivity index (χ3v) is 3.10. The lowest BCUT2D eigenvalue weighted by atomic mass is 10.2. The Morgan fingerprint density at radius 3 is 2.75 bits per heavy atom. The summed E-state index contributed by atoms with van der Waals surface area (Å²) in [4.78, 5) is 17.8. The molecule has 0 radical (unpaired) electrons. The van der Waals surface area contributed by atoms with E-state index in [9.17, 15) is 4.79 Å². The number of aromatic nitrogens is 1. The molecule has 0 N–H and O–H groups in total. The minimum absolute atomic E-state index is 0.119. The molecule has 3 rings (SSSR count). The van der Waals surface area contributed by atoms with Crippen LogP contribution in [-0.2, 0) is 6.54 Å². The highest BCUT2D eigenvalue weighted by atomic mass is 16.3. The number of furan rings is 1. The van der Waals surface area contributed by atoms with E-state index < -0.39 is 0 Å². The third-order valence-electron chi connectivity index (χ3n) is 3.10. The van der Waals surface area contributed by atoms with E-state index in [0.717, 1.165) is 16.7 Å². The van der Waals surface area contributed by atoms with E-state index in [1.165, 1.54) is 0 Å². The number of hydrogen-bond donors (Lipinski definition) is 0. The molecule has 20 heavy (non-hydrogen) atoms. The van der Waals surface area contributed by atoms with Crippen molar-refractivity contribution in [3.63, 3.8) is 0 Å². The van der Waals surface area contributed by atoms with Crippen molar-refractivity contribution in [1.29, 1.82) is 0 Å². The van der Waals surface area contributed by atoms with E-state index in [1.54, 1.807) is 36.3 Å². The standard InChI is InChI=1S/C16H14N2O2/c1-18(16(19)14-7-4-5-9-17-14)11-13-10-12-6-2-3-8-15(12)20-13/h2-10H,11H2,1H3. The van der Waals surface area contributed by atoms with Crippen LogP contribution >= 0.6 is 0 Å². The highest BCUT2D eigenvalue weighted by Gasteiger charge is 2.14. The second kappa shape index (κ2) is 5.17. The van der Waals surface area contributed by atoms with Crippen molar-refractivity contribution in [2.45, 2.75) is 6.54 Å². The molecule has 1 aromatic carbocycles. The highest BCUT2D eigenvalue weighted by Crippen LogP contribution is 2.20. The summed E-state index contributed by atoms with van der Waals surface area (Å²) < 4.78 is 5.71. The van der Waals surface area contributed by atoms with E-state index in [2.05, 4.69) is 4.98 Å². The summed E-state index contributed by atoms with van der Waals surface area (Å²) in [5, 5.41) is 1.04. The van der Waals surface area contributed by atoms with Gasteiger partial charge in [0.15, 0.2) is 0 Å². The summed E-state index contributed by atoms with van der Waals surface area (Å²) in [7, 11) is 1.74. The molecule has 0 unspecified atom stereocenters. The maximum atomic E-state index is 12.2. The summed E-state index contributed by atoms with van der Waals surface area (Å²) in [6, 6.07) is 15.0. The van der Waals surface area contributed by atoms with Crippen LogP contribution in [0.1, 0.15) is 16.2 Å². The van der Waals surface area contributed by atoms with Gasteiger partial charge in [-0.3, -0.25) is 9.78 Å². The molecule has 2 heterocycles. The first-order chi connectivity index (χ1) is 9.74. The van der Waals surface area contributed by atoms with Crippen molar-refractivity contribution < 1.29 is 9.21 Å². The molecule has 0 atom stereocenters. The van der Waals surface area contributed by atoms with Crippen molar-refractivity contribution in [3.05, 3.63) is 66.2 Å². The number of hydrogen-bond acceptors (Lipinski definition) is 3. The van der Waals surface area contributed by atoms with Gasteiger partial charge >= 0.3 is 0 Å². The fraction of sp³-hybridized carbons (Fsp3) is 0.125. The van der Waals surface area contributed by atoms with Crippen LogP contribution in [0.3, 0.4) is 0 Å². The molecule has 0 saturated heterocycles. The molecule has 4 heteroatoms. The Hall–Kier alpha value is -2.62. The lowest BCUT2D eigenvalue weighted by Crippen LogP contribution is -2.26. The average molecular weight is 266 g/mol.